The number of carbonyl (C=O) groups excluding carboxylic acids is 1. The predicted octanol–water partition coefficient (Wildman–Crippen LogP) is 4.47. The Bertz CT molecular complexity index is 1680. The first-order valence-electron chi connectivity index (χ1n) is 12.4. The monoisotopic (exact) mass is 523 g/mol. The van der Waals surface area contributed by atoms with Crippen LogP contribution in [0.5, 0.6) is 5.75 Å². The molecule has 5 rings (SSSR count). The normalized spacial score (nSPS) is 15.2. The lowest BCUT2D eigenvalue weighted by atomic mass is 9.93. The fourth-order valence-electron chi connectivity index (χ4n) is 4.59. The molecule has 1 aliphatic heterocycles. The van der Waals surface area contributed by atoms with Crippen molar-refractivity contribution in [3.63, 3.8) is 0 Å². The first kappa shape index (κ1) is 25.4. The first-order chi connectivity index (χ1) is 18.3. The van der Waals surface area contributed by atoms with Gasteiger partial charge in [-0.25, -0.2) is 4.99 Å². The molecular formula is C31H29N3O3S. The number of allylic oxidation sites excluding steroid dienone is 2. The summed E-state index contributed by atoms with van der Waals surface area (Å²) in [7, 11) is 3.95. The number of benzene rings is 3. The number of hydrogen-bond donors (Lipinski definition) is 0. The van der Waals surface area contributed by atoms with Crippen molar-refractivity contribution in [2.24, 2.45) is 4.99 Å². The molecule has 0 amide bonds. The van der Waals surface area contributed by atoms with Crippen molar-refractivity contribution < 1.29 is 9.53 Å². The van der Waals surface area contributed by atoms with Gasteiger partial charge in [0.15, 0.2) is 10.6 Å². The van der Waals surface area contributed by atoms with Gasteiger partial charge in [-0.1, -0.05) is 65.9 Å². The summed E-state index contributed by atoms with van der Waals surface area (Å²) in [6.07, 6.45) is 1.86. The molecule has 0 unspecified atom stereocenters. The number of fused-ring (bicyclic) bond motifs is 1. The Hall–Kier alpha value is -4.23. The summed E-state index contributed by atoms with van der Waals surface area (Å²) in [6.45, 7) is 3.86. The Morgan fingerprint density at radius 3 is 2.34 bits per heavy atom. The average Bonchev–Trinajstić information content (AvgIpc) is 3.22. The van der Waals surface area contributed by atoms with Crippen molar-refractivity contribution in [2.45, 2.75) is 26.5 Å². The SMILES string of the molecule is CC(=O)C1=C(C)N=c2s/c(=C/c3ccc(OCc4ccccc4)cc3)c(=O)n2[C@@H]1c1ccc(N(C)C)cc1. The van der Waals surface area contributed by atoms with Crippen LogP contribution in [-0.4, -0.2) is 24.4 Å². The quantitative estimate of drug-likeness (QED) is 0.359. The smallest absolute Gasteiger partial charge is 0.271 e. The topological polar surface area (TPSA) is 63.9 Å². The van der Waals surface area contributed by atoms with E-state index in [9.17, 15) is 9.59 Å². The van der Waals surface area contributed by atoms with Gasteiger partial charge in [-0.2, -0.15) is 0 Å². The van der Waals surface area contributed by atoms with Crippen molar-refractivity contribution in [1.29, 1.82) is 0 Å². The van der Waals surface area contributed by atoms with E-state index in [4.69, 9.17) is 4.74 Å². The van der Waals surface area contributed by atoms with Gasteiger partial charge >= 0.3 is 0 Å². The maximum absolute atomic E-state index is 13.7. The summed E-state index contributed by atoms with van der Waals surface area (Å²) in [5.74, 6) is 0.670. The minimum atomic E-state index is -0.518. The molecule has 0 saturated heterocycles. The van der Waals surface area contributed by atoms with Gasteiger partial charge in [0.2, 0.25) is 0 Å². The average molecular weight is 524 g/mol. The predicted molar refractivity (Wildman–Crippen MR) is 152 cm³/mol. The van der Waals surface area contributed by atoms with Crippen LogP contribution in [0.3, 0.4) is 0 Å². The van der Waals surface area contributed by atoms with E-state index in [2.05, 4.69) is 4.99 Å². The van der Waals surface area contributed by atoms with Crippen LogP contribution in [0.25, 0.3) is 6.08 Å². The lowest BCUT2D eigenvalue weighted by Crippen LogP contribution is -2.39. The van der Waals surface area contributed by atoms with Crippen LogP contribution in [0.2, 0.25) is 0 Å². The maximum atomic E-state index is 13.7. The third-order valence-electron chi connectivity index (χ3n) is 6.55. The lowest BCUT2D eigenvalue weighted by Gasteiger charge is -2.25. The van der Waals surface area contributed by atoms with E-state index in [1.54, 1.807) is 4.57 Å². The zero-order chi connectivity index (χ0) is 26.8. The molecule has 3 aromatic carbocycles. The molecule has 1 aromatic heterocycles. The second kappa shape index (κ2) is 10.6. The van der Waals surface area contributed by atoms with Crippen molar-refractivity contribution in [1.82, 2.24) is 4.57 Å². The molecule has 192 valence electrons. The number of aromatic nitrogens is 1. The molecular weight excluding hydrogens is 494 g/mol. The van der Waals surface area contributed by atoms with Crippen LogP contribution in [0, 0.1) is 0 Å². The van der Waals surface area contributed by atoms with Gasteiger partial charge in [-0.05, 0) is 60.9 Å². The summed E-state index contributed by atoms with van der Waals surface area (Å²) >= 11 is 1.34. The number of Topliss-reactive ketones (excluding diaryl/α,β-unsaturated/α-hetero) is 1. The Labute approximate surface area is 225 Å². The highest BCUT2D eigenvalue weighted by Gasteiger charge is 2.30. The number of ether oxygens (including phenoxy) is 1. The van der Waals surface area contributed by atoms with E-state index in [1.807, 2.05) is 111 Å². The molecule has 38 heavy (non-hydrogen) atoms. The van der Waals surface area contributed by atoms with E-state index in [0.29, 0.717) is 27.2 Å². The molecule has 0 fully saturated rings. The second-order valence-electron chi connectivity index (χ2n) is 9.47. The van der Waals surface area contributed by atoms with Crippen LogP contribution in [0.4, 0.5) is 5.69 Å². The molecule has 7 heteroatoms. The van der Waals surface area contributed by atoms with Gasteiger partial charge in [-0.15, -0.1) is 0 Å². The molecule has 2 heterocycles. The fourth-order valence-corrected chi connectivity index (χ4v) is 5.64. The van der Waals surface area contributed by atoms with Gasteiger partial charge in [0.1, 0.15) is 12.4 Å². The lowest BCUT2D eigenvalue weighted by molar-refractivity contribution is -0.114. The number of nitrogens with zero attached hydrogens (tertiary/aromatic N) is 3. The Kier molecular flexibility index (Phi) is 7.11. The number of hydrogen-bond acceptors (Lipinski definition) is 6. The molecule has 0 radical (unpaired) electrons. The Morgan fingerprint density at radius 2 is 1.71 bits per heavy atom. The number of rotatable bonds is 7. The van der Waals surface area contributed by atoms with Crippen LogP contribution >= 0.6 is 11.3 Å². The number of anilines is 1. The third kappa shape index (κ3) is 5.10. The summed E-state index contributed by atoms with van der Waals surface area (Å²) in [6, 6.07) is 25.1. The third-order valence-corrected chi connectivity index (χ3v) is 7.54. The second-order valence-corrected chi connectivity index (χ2v) is 10.5. The van der Waals surface area contributed by atoms with Crippen molar-refractivity contribution in [3.05, 3.63) is 127 Å². The van der Waals surface area contributed by atoms with Gasteiger partial charge < -0.3 is 9.64 Å². The summed E-state index contributed by atoms with van der Waals surface area (Å²) < 4.78 is 8.11. The van der Waals surface area contributed by atoms with Gasteiger partial charge in [0.05, 0.1) is 10.6 Å². The van der Waals surface area contributed by atoms with E-state index in [-0.39, 0.29) is 11.3 Å². The van der Waals surface area contributed by atoms with E-state index in [0.717, 1.165) is 28.1 Å². The van der Waals surface area contributed by atoms with E-state index in [1.165, 1.54) is 18.3 Å². The molecule has 0 spiro atoms. The zero-order valence-corrected chi connectivity index (χ0v) is 22.7. The molecule has 0 N–H and O–H groups in total. The summed E-state index contributed by atoms with van der Waals surface area (Å²) in [5, 5.41) is 0. The van der Waals surface area contributed by atoms with Gasteiger partial charge in [-0.3, -0.25) is 14.2 Å². The van der Waals surface area contributed by atoms with Crippen LogP contribution in [-0.2, 0) is 11.4 Å². The highest BCUT2D eigenvalue weighted by Crippen LogP contribution is 2.31. The minimum absolute atomic E-state index is 0.0895. The zero-order valence-electron chi connectivity index (χ0n) is 21.8. The maximum Gasteiger partial charge on any atom is 0.271 e. The molecule has 0 saturated carbocycles. The molecule has 4 aromatic rings. The number of ketones is 1. The molecule has 0 aliphatic carbocycles. The molecule has 0 bridgehead atoms. The first-order valence-corrected chi connectivity index (χ1v) is 13.2. The van der Waals surface area contributed by atoms with Crippen LogP contribution in [0.1, 0.15) is 36.6 Å². The standard InChI is InChI=1S/C31H29N3O3S/c1-20-28(21(2)35)29(24-12-14-25(15-13-24)33(3)4)34-30(36)27(38-31(34)32-20)18-22-10-16-26(17-11-22)37-19-23-8-6-5-7-9-23/h5-18,29H,19H2,1-4H3/b27-18+/t29-/m1/s1. The van der Waals surface area contributed by atoms with Crippen molar-refractivity contribution in [3.8, 4) is 5.75 Å². The number of carbonyl (C=O) groups is 1. The highest BCUT2D eigenvalue weighted by molar-refractivity contribution is 7.07. The van der Waals surface area contributed by atoms with Crippen molar-refractivity contribution >= 4 is 28.9 Å². The van der Waals surface area contributed by atoms with Crippen LogP contribution < -0.4 is 24.5 Å². The minimum Gasteiger partial charge on any atom is -0.489 e. The number of thiazole rings is 1. The Balaban J connectivity index is 1.50. The molecule has 1 aliphatic rings. The fraction of sp³-hybridized carbons (Fsp3) is 0.194. The Morgan fingerprint density at radius 1 is 1.03 bits per heavy atom. The van der Waals surface area contributed by atoms with Gasteiger partial charge in [0.25, 0.3) is 5.56 Å². The summed E-state index contributed by atoms with van der Waals surface area (Å²) in [4.78, 5) is 33.7. The van der Waals surface area contributed by atoms with Crippen molar-refractivity contribution in [2.75, 3.05) is 19.0 Å². The summed E-state index contributed by atoms with van der Waals surface area (Å²) in [5.41, 5.74) is 4.94. The van der Waals surface area contributed by atoms with E-state index >= 15 is 0 Å². The van der Waals surface area contributed by atoms with Crippen LogP contribution in [0.15, 0.2) is 99.9 Å². The largest absolute Gasteiger partial charge is 0.489 e. The molecule has 6 nitrogen and oxygen atoms in total. The molecule has 1 atom stereocenters. The van der Waals surface area contributed by atoms with E-state index < -0.39 is 6.04 Å². The highest BCUT2D eigenvalue weighted by atomic mass is 32.1. The van der Waals surface area contributed by atoms with Gasteiger partial charge in [0, 0.05) is 31.1 Å².